The molecule has 0 bridgehead atoms. The second-order valence-corrected chi connectivity index (χ2v) is 10.8. The van der Waals surface area contributed by atoms with Crippen LogP contribution in [-0.2, 0) is 6.42 Å². The van der Waals surface area contributed by atoms with Gasteiger partial charge in [-0.2, -0.15) is 9.97 Å². The standard InChI is InChI=1S/C26H29FN6OS/c1-16-10-18-12-19(13-21(27)20(18)11-16)34-25-29-23(14-24(31-25)33-8-6-32(2)7-9-33)30-26-28-15-22(35-26)17-4-3-5-17/h10,12-15,17H,3-9,11H2,1-2H3,(H,28,29,30,31). The molecule has 1 aromatic carbocycles. The van der Waals surface area contributed by atoms with Crippen molar-refractivity contribution in [3.8, 4) is 11.8 Å². The summed E-state index contributed by atoms with van der Waals surface area (Å²) < 4.78 is 20.8. The van der Waals surface area contributed by atoms with E-state index in [1.165, 1.54) is 30.2 Å². The van der Waals surface area contributed by atoms with Gasteiger partial charge in [-0.15, -0.1) is 11.3 Å². The molecule has 0 radical (unpaired) electrons. The minimum Gasteiger partial charge on any atom is -0.424 e. The molecule has 0 unspecified atom stereocenters. The number of likely N-dealkylation sites (N-methyl/N-ethyl adjacent to an activating group) is 1. The van der Waals surface area contributed by atoms with E-state index in [9.17, 15) is 4.39 Å². The van der Waals surface area contributed by atoms with Gasteiger partial charge in [0.25, 0.3) is 0 Å². The molecule has 1 saturated carbocycles. The van der Waals surface area contributed by atoms with Crippen molar-refractivity contribution in [3.05, 3.63) is 51.8 Å². The number of allylic oxidation sites excluding steroid dienone is 1. The van der Waals surface area contributed by atoms with Gasteiger partial charge in [0.15, 0.2) is 5.13 Å². The Labute approximate surface area is 208 Å². The first-order valence-corrected chi connectivity index (χ1v) is 13.0. The smallest absolute Gasteiger partial charge is 0.325 e. The summed E-state index contributed by atoms with van der Waals surface area (Å²) in [5.41, 5.74) is 2.72. The highest BCUT2D eigenvalue weighted by molar-refractivity contribution is 7.15. The third-order valence-electron chi connectivity index (χ3n) is 7.06. The molecule has 6 rings (SSSR count). The quantitative estimate of drug-likeness (QED) is 0.481. The number of aromatic nitrogens is 3. The lowest BCUT2D eigenvalue weighted by Crippen LogP contribution is -2.44. The number of halogens is 1. The van der Waals surface area contributed by atoms with Crippen LogP contribution in [0.1, 0.15) is 48.1 Å². The summed E-state index contributed by atoms with van der Waals surface area (Å²) in [6.45, 7) is 5.67. The Morgan fingerprint density at radius 2 is 1.94 bits per heavy atom. The van der Waals surface area contributed by atoms with E-state index in [2.05, 4.69) is 32.1 Å². The summed E-state index contributed by atoms with van der Waals surface area (Å²) in [5, 5.41) is 4.17. The average Bonchev–Trinajstić information content (AvgIpc) is 3.39. The van der Waals surface area contributed by atoms with E-state index in [0.29, 0.717) is 23.9 Å². The molecule has 1 N–H and O–H groups in total. The zero-order valence-corrected chi connectivity index (χ0v) is 20.9. The molecule has 35 heavy (non-hydrogen) atoms. The van der Waals surface area contributed by atoms with E-state index in [-0.39, 0.29) is 11.8 Å². The second kappa shape index (κ2) is 9.20. The molecule has 2 fully saturated rings. The predicted octanol–water partition coefficient (Wildman–Crippen LogP) is 5.59. The number of hydrogen-bond acceptors (Lipinski definition) is 8. The van der Waals surface area contributed by atoms with E-state index in [4.69, 9.17) is 9.72 Å². The number of hydrogen-bond donors (Lipinski definition) is 1. The fourth-order valence-electron chi connectivity index (χ4n) is 4.76. The second-order valence-electron chi connectivity index (χ2n) is 9.75. The molecule has 182 valence electrons. The zero-order valence-electron chi connectivity index (χ0n) is 20.1. The molecule has 0 amide bonds. The highest BCUT2D eigenvalue weighted by atomic mass is 32.1. The maximum absolute atomic E-state index is 14.7. The Balaban J connectivity index is 1.29. The van der Waals surface area contributed by atoms with E-state index in [0.717, 1.165) is 53.8 Å². The topological polar surface area (TPSA) is 66.4 Å². The van der Waals surface area contributed by atoms with Crippen LogP contribution in [0.15, 0.2) is 30.0 Å². The van der Waals surface area contributed by atoms with Gasteiger partial charge in [-0.1, -0.05) is 18.1 Å². The van der Waals surface area contributed by atoms with Gasteiger partial charge in [0.05, 0.1) is 0 Å². The maximum atomic E-state index is 14.7. The Kier molecular flexibility index (Phi) is 5.89. The number of nitrogens with zero attached hydrogens (tertiary/aromatic N) is 5. The third-order valence-corrected chi connectivity index (χ3v) is 8.13. The van der Waals surface area contributed by atoms with Crippen molar-refractivity contribution in [3.63, 3.8) is 0 Å². The molecular formula is C26H29FN6OS. The van der Waals surface area contributed by atoms with Crippen LogP contribution in [0.2, 0.25) is 0 Å². The fourth-order valence-corrected chi connectivity index (χ4v) is 5.75. The first-order valence-electron chi connectivity index (χ1n) is 12.2. The fraction of sp³-hybridized carbons (Fsp3) is 0.423. The molecule has 0 atom stereocenters. The summed E-state index contributed by atoms with van der Waals surface area (Å²) in [4.78, 5) is 19.7. The first kappa shape index (κ1) is 22.4. The Morgan fingerprint density at radius 1 is 1.11 bits per heavy atom. The predicted molar refractivity (Wildman–Crippen MR) is 138 cm³/mol. The van der Waals surface area contributed by atoms with Crippen molar-refractivity contribution < 1.29 is 9.13 Å². The molecule has 3 heterocycles. The van der Waals surface area contributed by atoms with Crippen LogP contribution >= 0.6 is 11.3 Å². The summed E-state index contributed by atoms with van der Waals surface area (Å²) in [6, 6.07) is 5.42. The summed E-state index contributed by atoms with van der Waals surface area (Å²) in [5.74, 6) is 2.19. The lowest BCUT2D eigenvalue weighted by Gasteiger charge is -2.33. The molecular weight excluding hydrogens is 463 g/mol. The molecule has 2 aliphatic carbocycles. The molecule has 3 aromatic rings. The number of rotatable bonds is 6. The van der Waals surface area contributed by atoms with Gasteiger partial charge in [0.2, 0.25) is 0 Å². The molecule has 7 nitrogen and oxygen atoms in total. The largest absolute Gasteiger partial charge is 0.424 e. The summed E-state index contributed by atoms with van der Waals surface area (Å²) >= 11 is 1.68. The number of thiazole rings is 1. The van der Waals surface area contributed by atoms with E-state index >= 15 is 0 Å². The Bertz CT molecular complexity index is 1280. The van der Waals surface area contributed by atoms with Crippen LogP contribution in [0, 0.1) is 5.82 Å². The van der Waals surface area contributed by atoms with Crippen LogP contribution in [0.25, 0.3) is 6.08 Å². The van der Waals surface area contributed by atoms with Gasteiger partial charge in [0, 0.05) is 49.4 Å². The zero-order chi connectivity index (χ0) is 23.9. The van der Waals surface area contributed by atoms with Gasteiger partial charge >= 0.3 is 6.01 Å². The number of nitrogens with one attached hydrogen (secondary N) is 1. The van der Waals surface area contributed by atoms with Crippen LogP contribution in [0.3, 0.4) is 0 Å². The summed E-state index contributed by atoms with van der Waals surface area (Å²) in [7, 11) is 2.12. The van der Waals surface area contributed by atoms with E-state index in [1.807, 2.05) is 31.3 Å². The minimum atomic E-state index is -0.259. The first-order chi connectivity index (χ1) is 17.0. The highest BCUT2D eigenvalue weighted by Crippen LogP contribution is 2.40. The highest BCUT2D eigenvalue weighted by Gasteiger charge is 2.23. The van der Waals surface area contributed by atoms with Crippen LogP contribution in [0.4, 0.5) is 21.2 Å². The van der Waals surface area contributed by atoms with Gasteiger partial charge in [-0.25, -0.2) is 9.37 Å². The van der Waals surface area contributed by atoms with Crippen molar-refractivity contribution in [2.24, 2.45) is 0 Å². The van der Waals surface area contributed by atoms with Crippen LogP contribution in [-0.4, -0.2) is 53.1 Å². The maximum Gasteiger partial charge on any atom is 0.325 e. The van der Waals surface area contributed by atoms with Crippen molar-refractivity contribution >= 4 is 34.2 Å². The van der Waals surface area contributed by atoms with Gasteiger partial charge in [-0.3, -0.25) is 0 Å². The van der Waals surface area contributed by atoms with Crippen molar-refractivity contribution in [1.29, 1.82) is 0 Å². The number of anilines is 3. The number of ether oxygens (including phenoxy) is 1. The van der Waals surface area contributed by atoms with Crippen LogP contribution in [0.5, 0.6) is 11.8 Å². The number of piperazine rings is 1. The van der Waals surface area contributed by atoms with Gasteiger partial charge in [0.1, 0.15) is 23.2 Å². The molecule has 1 aliphatic heterocycles. The number of fused-ring (bicyclic) bond motifs is 1. The molecule has 9 heteroatoms. The molecule has 3 aliphatic rings. The molecule has 2 aromatic heterocycles. The van der Waals surface area contributed by atoms with Crippen molar-refractivity contribution in [2.75, 3.05) is 43.4 Å². The molecule has 0 spiro atoms. The van der Waals surface area contributed by atoms with Gasteiger partial charge < -0.3 is 19.9 Å². The normalized spacial score (nSPS) is 18.3. The molecule has 1 saturated heterocycles. The van der Waals surface area contributed by atoms with Crippen LogP contribution < -0.4 is 15.0 Å². The lowest BCUT2D eigenvalue weighted by molar-refractivity contribution is 0.311. The average molecular weight is 493 g/mol. The number of benzene rings is 1. The Hall–Kier alpha value is -3.04. The van der Waals surface area contributed by atoms with Crippen molar-refractivity contribution in [1.82, 2.24) is 19.9 Å². The van der Waals surface area contributed by atoms with Gasteiger partial charge in [-0.05, 0) is 56.3 Å². The van der Waals surface area contributed by atoms with Crippen molar-refractivity contribution in [2.45, 2.75) is 38.5 Å². The SMILES string of the molecule is CC1=Cc2cc(Oc3nc(Nc4ncc(C5CCC5)s4)cc(N4CCN(C)CC4)n3)cc(F)c2C1. The summed E-state index contributed by atoms with van der Waals surface area (Å²) in [6.07, 6.45) is 8.40. The monoisotopic (exact) mass is 492 g/mol. The lowest BCUT2D eigenvalue weighted by atomic mass is 9.85. The Morgan fingerprint density at radius 3 is 2.71 bits per heavy atom. The third kappa shape index (κ3) is 4.75. The minimum absolute atomic E-state index is 0.192. The van der Waals surface area contributed by atoms with E-state index < -0.39 is 0 Å². The van der Waals surface area contributed by atoms with E-state index in [1.54, 1.807) is 11.3 Å².